The van der Waals surface area contributed by atoms with Gasteiger partial charge in [0.2, 0.25) is 0 Å². The van der Waals surface area contributed by atoms with Gasteiger partial charge in [-0.05, 0) is 59.2 Å². The first-order valence-electron chi connectivity index (χ1n) is 15.1. The fourth-order valence-corrected chi connectivity index (χ4v) is 6.93. The average molecular weight is 561 g/mol. The predicted molar refractivity (Wildman–Crippen MR) is 186 cm³/mol. The Bertz CT molecular complexity index is 2470. The lowest BCUT2D eigenvalue weighted by molar-refractivity contribution is 1.17. The van der Waals surface area contributed by atoms with Crippen LogP contribution in [0.15, 0.2) is 170 Å². The van der Waals surface area contributed by atoms with Gasteiger partial charge < -0.3 is 9.13 Å². The van der Waals surface area contributed by atoms with Crippen LogP contribution < -0.4 is 0 Å². The zero-order valence-corrected chi connectivity index (χ0v) is 24.1. The molecule has 0 radical (unpaired) electrons. The smallest absolute Gasteiger partial charge is 0.0562 e. The molecular formula is C42H28N2. The highest BCUT2D eigenvalue weighted by Crippen LogP contribution is 2.42. The Morgan fingerprint density at radius 3 is 1.48 bits per heavy atom. The first kappa shape index (κ1) is 24.7. The van der Waals surface area contributed by atoms with Gasteiger partial charge in [-0.15, -0.1) is 0 Å². The van der Waals surface area contributed by atoms with Crippen LogP contribution in [0.3, 0.4) is 0 Å². The Balaban J connectivity index is 1.44. The van der Waals surface area contributed by atoms with Crippen molar-refractivity contribution in [2.45, 2.75) is 0 Å². The summed E-state index contributed by atoms with van der Waals surface area (Å²) >= 11 is 0. The fourth-order valence-electron chi connectivity index (χ4n) is 6.93. The lowest BCUT2D eigenvalue weighted by atomic mass is 9.98. The van der Waals surface area contributed by atoms with Crippen molar-refractivity contribution in [1.29, 1.82) is 0 Å². The van der Waals surface area contributed by atoms with Crippen LogP contribution in [-0.4, -0.2) is 9.13 Å². The van der Waals surface area contributed by atoms with Gasteiger partial charge >= 0.3 is 0 Å². The highest BCUT2D eigenvalue weighted by molar-refractivity contribution is 6.19. The number of nitrogens with zero attached hydrogens (tertiary/aromatic N) is 2. The average Bonchev–Trinajstić information content (AvgIpc) is 3.60. The standard InChI is InChI=1S/C42H28N2/c1-4-14-29(15-5-1)31-24-25-33(30-16-6-2-7-17-30)40(26-31)44-39-23-13-11-21-35(39)37-27-36-34-20-10-12-22-38(34)43(41(36)28-42(37)44)32-18-8-3-9-19-32/h1-28H. The summed E-state index contributed by atoms with van der Waals surface area (Å²) in [6.45, 7) is 0. The van der Waals surface area contributed by atoms with Crippen LogP contribution in [0, 0.1) is 0 Å². The second-order valence-electron chi connectivity index (χ2n) is 11.4. The molecule has 0 aliphatic rings. The summed E-state index contributed by atoms with van der Waals surface area (Å²) < 4.78 is 4.89. The number of benzene rings is 7. The van der Waals surface area contributed by atoms with E-state index in [-0.39, 0.29) is 0 Å². The largest absolute Gasteiger partial charge is 0.309 e. The third-order valence-corrected chi connectivity index (χ3v) is 8.91. The van der Waals surface area contributed by atoms with Crippen molar-refractivity contribution in [2.75, 3.05) is 0 Å². The van der Waals surface area contributed by atoms with E-state index in [0.29, 0.717) is 0 Å². The molecule has 2 heteroatoms. The van der Waals surface area contributed by atoms with E-state index in [1.54, 1.807) is 0 Å². The molecular weight excluding hydrogens is 532 g/mol. The van der Waals surface area contributed by atoms with Gasteiger partial charge in [-0.3, -0.25) is 0 Å². The maximum atomic E-state index is 2.48. The molecule has 7 aromatic carbocycles. The number of aromatic nitrogens is 2. The molecule has 9 rings (SSSR count). The molecule has 0 spiro atoms. The van der Waals surface area contributed by atoms with Gasteiger partial charge in [0, 0.05) is 32.8 Å². The van der Waals surface area contributed by atoms with E-state index in [2.05, 4.69) is 179 Å². The van der Waals surface area contributed by atoms with Gasteiger partial charge in [-0.1, -0.05) is 127 Å². The third kappa shape index (κ3) is 3.75. The Morgan fingerprint density at radius 2 is 0.818 bits per heavy atom. The van der Waals surface area contributed by atoms with E-state index in [4.69, 9.17) is 0 Å². The van der Waals surface area contributed by atoms with Crippen molar-refractivity contribution in [3.8, 4) is 33.6 Å². The first-order valence-corrected chi connectivity index (χ1v) is 15.1. The van der Waals surface area contributed by atoms with E-state index in [1.807, 2.05) is 0 Å². The summed E-state index contributed by atoms with van der Waals surface area (Å²) in [4.78, 5) is 0. The van der Waals surface area contributed by atoms with Crippen molar-refractivity contribution in [3.05, 3.63) is 170 Å². The van der Waals surface area contributed by atoms with Gasteiger partial charge in [0.05, 0.1) is 27.8 Å². The minimum absolute atomic E-state index is 1.16. The number of hydrogen-bond donors (Lipinski definition) is 0. The lowest BCUT2D eigenvalue weighted by Crippen LogP contribution is -1.99. The van der Waals surface area contributed by atoms with Gasteiger partial charge in [0.1, 0.15) is 0 Å². The molecule has 0 amide bonds. The molecule has 0 saturated carbocycles. The zero-order chi connectivity index (χ0) is 29.0. The third-order valence-electron chi connectivity index (χ3n) is 8.91. The van der Waals surface area contributed by atoms with Crippen LogP contribution in [0.25, 0.3) is 77.2 Å². The second-order valence-corrected chi connectivity index (χ2v) is 11.4. The minimum atomic E-state index is 1.16. The molecule has 0 N–H and O–H groups in total. The number of rotatable bonds is 4. The maximum absolute atomic E-state index is 2.48. The Morgan fingerprint density at radius 1 is 0.295 bits per heavy atom. The Hall–Kier alpha value is -5.86. The molecule has 44 heavy (non-hydrogen) atoms. The molecule has 2 aromatic heterocycles. The van der Waals surface area contributed by atoms with Crippen molar-refractivity contribution >= 4 is 43.6 Å². The minimum Gasteiger partial charge on any atom is -0.309 e. The summed E-state index contributed by atoms with van der Waals surface area (Å²) in [5.74, 6) is 0. The van der Waals surface area contributed by atoms with E-state index in [9.17, 15) is 0 Å². The van der Waals surface area contributed by atoms with Crippen LogP contribution in [0.2, 0.25) is 0 Å². The summed E-state index contributed by atoms with van der Waals surface area (Å²) in [6.07, 6.45) is 0. The first-order chi connectivity index (χ1) is 21.8. The van der Waals surface area contributed by atoms with Gasteiger partial charge in [0.25, 0.3) is 0 Å². The highest BCUT2D eigenvalue weighted by Gasteiger charge is 2.20. The molecule has 2 heterocycles. The molecule has 0 fully saturated rings. The quantitative estimate of drug-likeness (QED) is 0.203. The van der Waals surface area contributed by atoms with Crippen LogP contribution in [0.5, 0.6) is 0 Å². The summed E-state index contributed by atoms with van der Waals surface area (Å²) in [7, 11) is 0. The van der Waals surface area contributed by atoms with Crippen molar-refractivity contribution in [3.63, 3.8) is 0 Å². The van der Waals surface area contributed by atoms with Crippen LogP contribution in [0.1, 0.15) is 0 Å². The number of fused-ring (bicyclic) bond motifs is 6. The van der Waals surface area contributed by atoms with Gasteiger partial charge in [-0.25, -0.2) is 0 Å². The normalized spacial score (nSPS) is 11.6. The molecule has 2 nitrogen and oxygen atoms in total. The molecule has 0 aliphatic heterocycles. The molecule has 0 saturated heterocycles. The Labute approximate surface area is 255 Å². The van der Waals surface area contributed by atoms with Crippen LogP contribution >= 0.6 is 0 Å². The molecule has 0 atom stereocenters. The fraction of sp³-hybridized carbons (Fsp3) is 0. The lowest BCUT2D eigenvalue weighted by Gasteiger charge is -2.16. The van der Waals surface area contributed by atoms with E-state index >= 15 is 0 Å². The zero-order valence-electron chi connectivity index (χ0n) is 24.1. The van der Waals surface area contributed by atoms with Crippen molar-refractivity contribution < 1.29 is 0 Å². The van der Waals surface area contributed by atoms with E-state index < -0.39 is 0 Å². The predicted octanol–water partition coefficient (Wildman–Crippen LogP) is 11.2. The van der Waals surface area contributed by atoms with Crippen molar-refractivity contribution in [2.24, 2.45) is 0 Å². The molecule has 206 valence electrons. The summed E-state index contributed by atoms with van der Waals surface area (Å²) in [5, 5.41) is 5.04. The van der Waals surface area contributed by atoms with Gasteiger partial charge in [0.15, 0.2) is 0 Å². The van der Waals surface area contributed by atoms with Crippen LogP contribution in [-0.2, 0) is 0 Å². The highest BCUT2D eigenvalue weighted by atomic mass is 15.0. The Kier molecular flexibility index (Phi) is 5.54. The topological polar surface area (TPSA) is 9.86 Å². The molecule has 0 aliphatic carbocycles. The summed E-state index contributed by atoms with van der Waals surface area (Å²) in [6, 6.07) is 61.4. The SMILES string of the molecule is c1ccc(-c2ccc(-c3ccccc3)c(-n3c4ccccc4c4cc5c6ccccc6n(-c6ccccc6)c5cc43)c2)cc1. The van der Waals surface area contributed by atoms with Crippen LogP contribution in [0.4, 0.5) is 0 Å². The molecule has 0 bridgehead atoms. The second kappa shape index (κ2) is 9.86. The maximum Gasteiger partial charge on any atom is 0.0562 e. The molecule has 9 aromatic rings. The van der Waals surface area contributed by atoms with E-state index in [1.165, 1.54) is 71.6 Å². The summed E-state index contributed by atoms with van der Waals surface area (Å²) in [5.41, 5.74) is 12.0. The number of hydrogen-bond acceptors (Lipinski definition) is 0. The van der Waals surface area contributed by atoms with E-state index in [0.717, 1.165) is 5.69 Å². The van der Waals surface area contributed by atoms with Crippen molar-refractivity contribution in [1.82, 2.24) is 9.13 Å². The monoisotopic (exact) mass is 560 g/mol. The van der Waals surface area contributed by atoms with Gasteiger partial charge in [-0.2, -0.15) is 0 Å². The molecule has 0 unspecified atom stereocenters. The number of para-hydroxylation sites is 3.